The molecule has 2 aliphatic rings. The van der Waals surface area contributed by atoms with Gasteiger partial charge in [-0.1, -0.05) is 65.7 Å². The number of pyridine rings is 1. The number of carbonyl (C=O) groups is 2. The van der Waals surface area contributed by atoms with Gasteiger partial charge in [0.15, 0.2) is 0 Å². The molecule has 10 nitrogen and oxygen atoms in total. The highest BCUT2D eigenvalue weighted by Gasteiger charge is 2.22. The molecular weight excluding hydrogens is 625 g/mol. The van der Waals surface area contributed by atoms with Crippen LogP contribution in [0.25, 0.3) is 33.6 Å². The highest BCUT2D eigenvalue weighted by Crippen LogP contribution is 2.42. The molecule has 0 saturated carbocycles. The van der Waals surface area contributed by atoms with E-state index in [1.165, 1.54) is 0 Å². The fourth-order valence-electron chi connectivity index (χ4n) is 5.81. The first-order chi connectivity index (χ1) is 22.4. The summed E-state index contributed by atoms with van der Waals surface area (Å²) in [6.07, 6.45) is 6.29. The first kappa shape index (κ1) is 31.9. The molecule has 12 heteroatoms. The van der Waals surface area contributed by atoms with Gasteiger partial charge in [0.05, 0.1) is 46.6 Å². The predicted molar refractivity (Wildman–Crippen MR) is 178 cm³/mol. The maximum atomic E-state index is 11.5. The second-order valence-electron chi connectivity index (χ2n) is 11.5. The van der Waals surface area contributed by atoms with E-state index in [4.69, 9.17) is 32.9 Å². The molecule has 0 spiro atoms. The van der Waals surface area contributed by atoms with Crippen LogP contribution in [0.5, 0.6) is 5.88 Å². The van der Waals surface area contributed by atoms with E-state index in [-0.39, 0.29) is 23.9 Å². The summed E-state index contributed by atoms with van der Waals surface area (Å²) in [6.45, 7) is 2.47. The summed E-state index contributed by atoms with van der Waals surface area (Å²) in [6, 6.07) is 15.7. The number of halogens is 2. The van der Waals surface area contributed by atoms with Crippen LogP contribution in [0.4, 0.5) is 0 Å². The fourth-order valence-corrected chi connectivity index (χ4v) is 6.46. The van der Waals surface area contributed by atoms with E-state index < -0.39 is 0 Å². The predicted octanol–water partition coefficient (Wildman–Crippen LogP) is 4.92. The van der Waals surface area contributed by atoms with Crippen molar-refractivity contribution in [1.82, 2.24) is 36.2 Å². The highest BCUT2D eigenvalue weighted by molar-refractivity contribution is 6.39. The number of rotatable bonds is 12. The molecule has 4 heterocycles. The van der Waals surface area contributed by atoms with Crippen molar-refractivity contribution in [2.24, 2.45) is 0 Å². The van der Waals surface area contributed by atoms with Crippen LogP contribution in [-0.2, 0) is 22.7 Å². The van der Waals surface area contributed by atoms with Gasteiger partial charge >= 0.3 is 0 Å². The van der Waals surface area contributed by atoms with Gasteiger partial charge in [0.25, 0.3) is 0 Å². The number of carbonyl (C=O) groups excluding carboxylic acids is 2. The molecule has 2 aliphatic heterocycles. The minimum Gasteiger partial charge on any atom is -0.481 e. The van der Waals surface area contributed by atoms with Crippen LogP contribution in [0.3, 0.4) is 0 Å². The number of nitrogens with one attached hydrogen (secondary N) is 4. The summed E-state index contributed by atoms with van der Waals surface area (Å²) < 4.78 is 5.63. The smallest absolute Gasteiger partial charge is 0.220 e. The fraction of sp³-hybridized carbons (Fsp3) is 0.324. The summed E-state index contributed by atoms with van der Waals surface area (Å²) in [5.74, 6) is 0.707. The summed E-state index contributed by atoms with van der Waals surface area (Å²) in [7, 11) is 1.60. The van der Waals surface area contributed by atoms with Gasteiger partial charge in [-0.3, -0.25) is 19.6 Å². The Bertz CT molecular complexity index is 1730. The van der Waals surface area contributed by atoms with Crippen molar-refractivity contribution in [3.05, 3.63) is 82.2 Å². The number of amides is 2. The van der Waals surface area contributed by atoms with Crippen LogP contribution in [0.15, 0.2) is 60.9 Å². The second kappa shape index (κ2) is 14.6. The molecule has 2 atom stereocenters. The zero-order valence-corrected chi connectivity index (χ0v) is 26.9. The van der Waals surface area contributed by atoms with Crippen molar-refractivity contribution in [2.45, 2.75) is 50.9 Å². The zero-order valence-electron chi connectivity index (χ0n) is 25.4. The minimum absolute atomic E-state index is 0.0999. The minimum atomic E-state index is 0.0999. The zero-order chi connectivity index (χ0) is 32.0. The van der Waals surface area contributed by atoms with Crippen LogP contribution < -0.4 is 26.0 Å². The molecule has 0 bridgehead atoms. The molecular formula is C34H35Cl2N7O3. The highest BCUT2D eigenvalue weighted by atomic mass is 35.5. The van der Waals surface area contributed by atoms with Crippen molar-refractivity contribution in [3.8, 4) is 39.5 Å². The Hall–Kier alpha value is -4.09. The van der Waals surface area contributed by atoms with Crippen LogP contribution in [0, 0.1) is 0 Å². The number of hydrogen-bond donors (Lipinski definition) is 4. The van der Waals surface area contributed by atoms with Crippen LogP contribution >= 0.6 is 23.2 Å². The van der Waals surface area contributed by atoms with Gasteiger partial charge in [0.1, 0.15) is 0 Å². The molecule has 0 aliphatic carbocycles. The van der Waals surface area contributed by atoms with Gasteiger partial charge in [-0.15, -0.1) is 0 Å². The first-order valence-corrected chi connectivity index (χ1v) is 16.1. The molecule has 46 heavy (non-hydrogen) atoms. The third-order valence-corrected chi connectivity index (χ3v) is 9.06. The maximum absolute atomic E-state index is 11.5. The third-order valence-electron chi connectivity index (χ3n) is 8.25. The lowest BCUT2D eigenvalue weighted by Gasteiger charge is -2.15. The van der Waals surface area contributed by atoms with Gasteiger partial charge in [0, 0.05) is 78.9 Å². The van der Waals surface area contributed by atoms with Gasteiger partial charge in [-0.05, 0) is 18.9 Å². The Morgan fingerprint density at radius 3 is 1.89 bits per heavy atom. The van der Waals surface area contributed by atoms with Gasteiger partial charge < -0.3 is 26.0 Å². The van der Waals surface area contributed by atoms with Crippen molar-refractivity contribution in [2.75, 3.05) is 20.2 Å². The van der Waals surface area contributed by atoms with E-state index in [9.17, 15) is 9.59 Å². The quantitative estimate of drug-likeness (QED) is 0.169. The number of aromatic nitrogens is 3. The number of methoxy groups -OCH3 is 1. The number of nitrogens with zero attached hydrogens (tertiary/aromatic N) is 3. The summed E-state index contributed by atoms with van der Waals surface area (Å²) in [4.78, 5) is 36.9. The van der Waals surface area contributed by atoms with Crippen molar-refractivity contribution < 1.29 is 14.3 Å². The summed E-state index contributed by atoms with van der Waals surface area (Å²) in [5.41, 5.74) is 6.06. The first-order valence-electron chi connectivity index (χ1n) is 15.3. The molecule has 2 fully saturated rings. The Morgan fingerprint density at radius 2 is 1.35 bits per heavy atom. The van der Waals surface area contributed by atoms with E-state index in [1.54, 1.807) is 19.5 Å². The topological polar surface area (TPSA) is 130 Å². The van der Waals surface area contributed by atoms with Crippen molar-refractivity contribution in [3.63, 3.8) is 0 Å². The molecule has 238 valence electrons. The SMILES string of the molecule is COc1nc(-c2cccc(-c3cccc(-c4cnc(CNC[C@@H]5CCC(=O)N5)cn4)c3Cl)c2Cl)ccc1CNC[C@@H]1CCC(=O)N1. The summed E-state index contributed by atoms with van der Waals surface area (Å²) >= 11 is 14.0. The Morgan fingerprint density at radius 1 is 0.761 bits per heavy atom. The van der Waals surface area contributed by atoms with Crippen LogP contribution in [-0.4, -0.2) is 59.0 Å². The standard InChI is InChI=1S/C34H35Cl2N7O3/c1-46-34-20(14-37-15-21-9-12-30(44)41-21)8-11-28(43-34)26-6-2-4-24(32(26)35)25-5-3-7-27(33(25)36)29-19-39-23(18-40-29)17-38-16-22-10-13-31(45)42-22/h2-8,11,18-19,21-22,37-38H,9-10,12-17H2,1H3,(H,41,44)(H,42,45)/t21-,22-/m0/s1. The normalized spacial score (nSPS) is 17.6. The molecule has 2 saturated heterocycles. The Balaban J connectivity index is 1.17. The van der Waals surface area contributed by atoms with E-state index in [2.05, 4.69) is 31.2 Å². The lowest BCUT2D eigenvalue weighted by atomic mass is 9.98. The average Bonchev–Trinajstić information content (AvgIpc) is 3.69. The molecule has 0 unspecified atom stereocenters. The van der Waals surface area contributed by atoms with E-state index in [1.807, 2.05) is 48.5 Å². The monoisotopic (exact) mass is 659 g/mol. The van der Waals surface area contributed by atoms with Gasteiger partial charge in [0.2, 0.25) is 17.7 Å². The molecule has 4 aromatic rings. The molecule has 6 rings (SSSR count). The molecule has 0 radical (unpaired) electrons. The van der Waals surface area contributed by atoms with E-state index >= 15 is 0 Å². The summed E-state index contributed by atoms with van der Waals surface area (Å²) in [5, 5.41) is 13.7. The van der Waals surface area contributed by atoms with Gasteiger partial charge in [-0.2, -0.15) is 0 Å². The van der Waals surface area contributed by atoms with Crippen LogP contribution in [0.2, 0.25) is 10.0 Å². The second-order valence-corrected chi connectivity index (χ2v) is 12.2. The van der Waals surface area contributed by atoms with Crippen molar-refractivity contribution >= 4 is 35.0 Å². The molecule has 2 amide bonds. The Labute approximate surface area is 277 Å². The lowest BCUT2D eigenvalue weighted by molar-refractivity contribution is -0.120. The average molecular weight is 661 g/mol. The largest absolute Gasteiger partial charge is 0.481 e. The lowest BCUT2D eigenvalue weighted by Crippen LogP contribution is -2.35. The van der Waals surface area contributed by atoms with Crippen LogP contribution in [0.1, 0.15) is 36.9 Å². The molecule has 2 aromatic heterocycles. The van der Waals surface area contributed by atoms with Crippen molar-refractivity contribution in [1.29, 1.82) is 0 Å². The Kier molecular flexibility index (Phi) is 10.1. The van der Waals surface area contributed by atoms with Gasteiger partial charge in [-0.25, -0.2) is 4.98 Å². The number of hydrogen-bond acceptors (Lipinski definition) is 8. The third kappa shape index (κ3) is 7.31. The van der Waals surface area contributed by atoms with E-state index in [0.717, 1.165) is 46.4 Å². The maximum Gasteiger partial charge on any atom is 0.220 e. The number of ether oxygens (including phenoxy) is 1. The van der Waals surface area contributed by atoms with E-state index in [0.29, 0.717) is 66.3 Å². The number of benzene rings is 2. The molecule has 4 N–H and O–H groups in total. The molecule has 2 aromatic carbocycles.